The zero-order valence-electron chi connectivity index (χ0n) is 10.8. The molecule has 1 amide bonds. The predicted molar refractivity (Wildman–Crippen MR) is 72.6 cm³/mol. The summed E-state index contributed by atoms with van der Waals surface area (Å²) in [6.07, 6.45) is 2.09. The number of benzene rings is 1. The van der Waals surface area contributed by atoms with Crippen molar-refractivity contribution in [3.05, 3.63) is 35.9 Å². The highest BCUT2D eigenvalue weighted by Crippen LogP contribution is 2.01. The van der Waals surface area contributed by atoms with Gasteiger partial charge in [-0.25, -0.2) is 0 Å². The Labute approximate surface area is 112 Å². The van der Waals surface area contributed by atoms with Gasteiger partial charge in [0.2, 0.25) is 5.91 Å². The van der Waals surface area contributed by atoms with Crippen LogP contribution in [0.1, 0.15) is 24.8 Å². The lowest BCUT2D eigenvalue weighted by molar-refractivity contribution is -0.138. The first kappa shape index (κ1) is 15.2. The molecule has 0 bridgehead atoms. The van der Waals surface area contributed by atoms with E-state index in [2.05, 4.69) is 5.32 Å². The first-order chi connectivity index (χ1) is 9.09. The summed E-state index contributed by atoms with van der Waals surface area (Å²) in [5, 5.41) is 11.3. The molecule has 1 aromatic rings. The van der Waals surface area contributed by atoms with Gasteiger partial charge < -0.3 is 16.2 Å². The van der Waals surface area contributed by atoms with Crippen molar-refractivity contribution in [2.75, 3.05) is 6.54 Å². The minimum Gasteiger partial charge on any atom is -0.480 e. The Kier molecular flexibility index (Phi) is 6.60. The molecule has 0 aliphatic rings. The van der Waals surface area contributed by atoms with Crippen LogP contribution in [0, 0.1) is 0 Å². The molecule has 0 saturated heterocycles. The van der Waals surface area contributed by atoms with E-state index in [1.54, 1.807) is 0 Å². The van der Waals surface area contributed by atoms with Crippen LogP contribution in [0.5, 0.6) is 0 Å². The van der Waals surface area contributed by atoms with Crippen LogP contribution in [-0.2, 0) is 16.0 Å². The average Bonchev–Trinajstić information content (AvgIpc) is 2.42. The van der Waals surface area contributed by atoms with Crippen LogP contribution in [0.2, 0.25) is 0 Å². The van der Waals surface area contributed by atoms with Crippen molar-refractivity contribution in [2.24, 2.45) is 5.73 Å². The van der Waals surface area contributed by atoms with Gasteiger partial charge in [-0.15, -0.1) is 0 Å². The molecule has 0 fully saturated rings. The number of carbonyl (C=O) groups excluding carboxylic acids is 1. The molecular weight excluding hydrogens is 244 g/mol. The number of carboxylic acid groups (broad SMARTS) is 1. The van der Waals surface area contributed by atoms with Crippen LogP contribution in [-0.4, -0.2) is 29.6 Å². The molecule has 0 aromatic heterocycles. The fourth-order valence-corrected chi connectivity index (χ4v) is 1.66. The van der Waals surface area contributed by atoms with Crippen LogP contribution < -0.4 is 11.1 Å². The van der Waals surface area contributed by atoms with Crippen LogP contribution in [0.3, 0.4) is 0 Å². The molecule has 0 spiro atoms. The van der Waals surface area contributed by atoms with Crippen LogP contribution in [0.25, 0.3) is 0 Å². The molecule has 5 heteroatoms. The van der Waals surface area contributed by atoms with Crippen molar-refractivity contribution in [2.45, 2.75) is 31.7 Å². The molecule has 0 radical (unpaired) electrons. The third-order valence-electron chi connectivity index (χ3n) is 2.81. The third kappa shape index (κ3) is 6.57. The van der Waals surface area contributed by atoms with Gasteiger partial charge in [0.05, 0.1) is 0 Å². The highest BCUT2D eigenvalue weighted by Gasteiger charge is 2.12. The molecule has 0 heterocycles. The van der Waals surface area contributed by atoms with E-state index in [4.69, 9.17) is 10.8 Å². The van der Waals surface area contributed by atoms with E-state index in [9.17, 15) is 9.59 Å². The van der Waals surface area contributed by atoms with Gasteiger partial charge >= 0.3 is 5.97 Å². The monoisotopic (exact) mass is 264 g/mol. The molecule has 0 aliphatic carbocycles. The molecule has 0 unspecified atom stereocenters. The third-order valence-corrected chi connectivity index (χ3v) is 2.81. The topological polar surface area (TPSA) is 92.4 Å². The summed E-state index contributed by atoms with van der Waals surface area (Å²) in [7, 11) is 0. The Morgan fingerprint density at radius 2 is 1.95 bits per heavy atom. The molecule has 19 heavy (non-hydrogen) atoms. The molecule has 4 N–H and O–H groups in total. The molecule has 5 nitrogen and oxygen atoms in total. The molecule has 1 rings (SSSR count). The van der Waals surface area contributed by atoms with Gasteiger partial charge in [-0.2, -0.15) is 0 Å². The lowest BCUT2D eigenvalue weighted by Gasteiger charge is -2.07. The van der Waals surface area contributed by atoms with Gasteiger partial charge in [-0.1, -0.05) is 30.3 Å². The number of nitrogens with two attached hydrogens (primary N) is 1. The van der Waals surface area contributed by atoms with E-state index in [1.165, 1.54) is 5.56 Å². The molecule has 0 aliphatic heterocycles. The Hall–Kier alpha value is -1.88. The maximum atomic E-state index is 11.4. The summed E-state index contributed by atoms with van der Waals surface area (Å²) >= 11 is 0. The Morgan fingerprint density at radius 3 is 2.58 bits per heavy atom. The van der Waals surface area contributed by atoms with E-state index in [0.717, 1.165) is 12.8 Å². The van der Waals surface area contributed by atoms with Crippen molar-refractivity contribution in [3.63, 3.8) is 0 Å². The second kappa shape index (κ2) is 8.26. The van der Waals surface area contributed by atoms with Crippen molar-refractivity contribution in [1.29, 1.82) is 0 Å². The minimum atomic E-state index is -1.07. The smallest absolute Gasteiger partial charge is 0.320 e. The predicted octanol–water partition coefficient (Wildman–Crippen LogP) is 0.927. The molecule has 0 saturated carbocycles. The second-order valence-electron chi connectivity index (χ2n) is 4.42. The van der Waals surface area contributed by atoms with Gasteiger partial charge in [0, 0.05) is 13.0 Å². The molecule has 1 atom stereocenters. The summed E-state index contributed by atoms with van der Waals surface area (Å²) < 4.78 is 0. The zero-order valence-corrected chi connectivity index (χ0v) is 10.8. The van der Waals surface area contributed by atoms with Gasteiger partial charge in [-0.3, -0.25) is 9.59 Å². The zero-order chi connectivity index (χ0) is 14.1. The van der Waals surface area contributed by atoms with E-state index < -0.39 is 12.0 Å². The second-order valence-corrected chi connectivity index (χ2v) is 4.42. The van der Waals surface area contributed by atoms with Gasteiger partial charge in [0.15, 0.2) is 0 Å². The van der Waals surface area contributed by atoms with E-state index in [-0.39, 0.29) is 18.7 Å². The number of nitrogens with one attached hydrogen (secondary N) is 1. The lowest BCUT2D eigenvalue weighted by Crippen LogP contribution is -2.33. The van der Waals surface area contributed by atoms with Crippen LogP contribution in [0.4, 0.5) is 0 Å². The summed E-state index contributed by atoms with van der Waals surface area (Å²) in [5.41, 5.74) is 6.56. The first-order valence-corrected chi connectivity index (χ1v) is 6.38. The largest absolute Gasteiger partial charge is 0.480 e. The Balaban J connectivity index is 2.09. The minimum absolute atomic E-state index is 0.148. The number of carboxylic acids is 1. The van der Waals surface area contributed by atoms with E-state index in [1.807, 2.05) is 30.3 Å². The number of hydrogen-bond acceptors (Lipinski definition) is 3. The SMILES string of the molecule is N[C@@H](CCC(=O)NCCCc1ccccc1)C(=O)O. The van der Waals surface area contributed by atoms with Crippen molar-refractivity contribution < 1.29 is 14.7 Å². The highest BCUT2D eigenvalue weighted by molar-refractivity contribution is 5.78. The quantitative estimate of drug-likeness (QED) is 0.609. The number of amides is 1. The molecule has 1 aromatic carbocycles. The summed E-state index contributed by atoms with van der Waals surface area (Å²) in [6, 6.07) is 9.08. The number of aryl methyl sites for hydroxylation is 1. The van der Waals surface area contributed by atoms with Crippen molar-refractivity contribution in [1.82, 2.24) is 5.32 Å². The van der Waals surface area contributed by atoms with Crippen molar-refractivity contribution in [3.8, 4) is 0 Å². The Bertz CT molecular complexity index is 406. The van der Waals surface area contributed by atoms with Gasteiger partial charge in [0.1, 0.15) is 6.04 Å². The number of rotatable bonds is 8. The standard InChI is InChI=1S/C14H20N2O3/c15-12(14(18)19)8-9-13(17)16-10-4-7-11-5-2-1-3-6-11/h1-3,5-6,12H,4,7-10,15H2,(H,16,17)(H,18,19)/t12-/m0/s1. The van der Waals surface area contributed by atoms with E-state index in [0.29, 0.717) is 6.54 Å². The first-order valence-electron chi connectivity index (χ1n) is 6.38. The lowest BCUT2D eigenvalue weighted by atomic mass is 10.1. The van der Waals surface area contributed by atoms with Gasteiger partial charge in [-0.05, 0) is 24.8 Å². The number of hydrogen-bond donors (Lipinski definition) is 3. The summed E-state index contributed by atoms with van der Waals surface area (Å²) in [4.78, 5) is 21.9. The van der Waals surface area contributed by atoms with E-state index >= 15 is 0 Å². The van der Waals surface area contributed by atoms with Crippen molar-refractivity contribution >= 4 is 11.9 Å². The Morgan fingerprint density at radius 1 is 1.26 bits per heavy atom. The maximum absolute atomic E-state index is 11.4. The van der Waals surface area contributed by atoms with Gasteiger partial charge in [0.25, 0.3) is 0 Å². The van der Waals surface area contributed by atoms with Crippen LogP contribution in [0.15, 0.2) is 30.3 Å². The molecular formula is C14H20N2O3. The summed E-state index contributed by atoms with van der Waals surface area (Å²) in [5.74, 6) is -1.22. The maximum Gasteiger partial charge on any atom is 0.320 e. The number of carbonyl (C=O) groups is 2. The molecule has 104 valence electrons. The van der Waals surface area contributed by atoms with Crippen LogP contribution >= 0.6 is 0 Å². The fraction of sp³-hybridized carbons (Fsp3) is 0.429. The normalized spacial score (nSPS) is 11.8. The number of aliphatic carboxylic acids is 1. The highest BCUT2D eigenvalue weighted by atomic mass is 16.4. The average molecular weight is 264 g/mol. The fourth-order valence-electron chi connectivity index (χ4n) is 1.66. The summed E-state index contributed by atoms with van der Waals surface area (Å²) in [6.45, 7) is 0.593.